The number of carbonyl (C=O) groups is 2. The Kier molecular flexibility index (Phi) is 8.65. The van der Waals surface area contributed by atoms with E-state index in [0.29, 0.717) is 32.7 Å². The number of nitrogens with zero attached hydrogens (tertiary/aromatic N) is 2. The van der Waals surface area contributed by atoms with E-state index in [1.54, 1.807) is 33.3 Å². The number of thiophene rings is 1. The Hall–Kier alpha value is -2.25. The lowest BCUT2D eigenvalue weighted by Gasteiger charge is -2.31. The summed E-state index contributed by atoms with van der Waals surface area (Å²) in [5, 5.41) is 0. The number of amides is 2. The van der Waals surface area contributed by atoms with Crippen LogP contribution >= 0.6 is 11.3 Å². The molecular formula is C26H35FN2O3S. The average Bonchev–Trinajstić information content (AvgIpc) is 3.39. The summed E-state index contributed by atoms with van der Waals surface area (Å²) in [6, 6.07) is 10.3. The topological polar surface area (TPSA) is 49.9 Å². The van der Waals surface area contributed by atoms with Crippen LogP contribution < -0.4 is 0 Å². The predicted octanol–water partition coefficient (Wildman–Crippen LogP) is 5.17. The maximum Gasteiger partial charge on any atom is 0.242 e. The van der Waals surface area contributed by atoms with Crippen molar-refractivity contribution in [2.24, 2.45) is 5.41 Å². The average molecular weight is 475 g/mol. The molecule has 1 aliphatic rings. The lowest BCUT2D eigenvalue weighted by Crippen LogP contribution is -2.46. The fourth-order valence-corrected chi connectivity index (χ4v) is 4.82. The highest BCUT2D eigenvalue weighted by molar-refractivity contribution is 7.11. The number of carbonyl (C=O) groups excluding carboxylic acids is 2. The molecule has 1 atom stereocenters. The van der Waals surface area contributed by atoms with Crippen LogP contribution in [0, 0.1) is 18.2 Å². The molecule has 1 fully saturated rings. The maximum absolute atomic E-state index is 13.5. The van der Waals surface area contributed by atoms with E-state index in [1.807, 2.05) is 39.8 Å². The quantitative estimate of drug-likeness (QED) is 0.504. The minimum Gasteiger partial charge on any atom is -0.376 e. The Bertz CT molecular complexity index is 930. The summed E-state index contributed by atoms with van der Waals surface area (Å²) in [7, 11) is 0. The Morgan fingerprint density at radius 1 is 1.06 bits per heavy atom. The third kappa shape index (κ3) is 8.23. The second kappa shape index (κ2) is 11.3. The zero-order chi connectivity index (χ0) is 24.0. The van der Waals surface area contributed by atoms with Crippen molar-refractivity contribution in [1.29, 1.82) is 0 Å². The minimum atomic E-state index is -0.305. The van der Waals surface area contributed by atoms with Crippen molar-refractivity contribution in [1.82, 2.24) is 9.80 Å². The van der Waals surface area contributed by atoms with Gasteiger partial charge in [-0.05, 0) is 55.0 Å². The molecule has 0 N–H and O–H groups in total. The Morgan fingerprint density at radius 3 is 2.36 bits per heavy atom. The summed E-state index contributed by atoms with van der Waals surface area (Å²) in [5.74, 6) is -0.452. The molecule has 0 bridgehead atoms. The molecule has 1 saturated heterocycles. The van der Waals surface area contributed by atoms with Crippen LogP contribution in [0.2, 0.25) is 0 Å². The molecule has 0 saturated carbocycles. The standard InChI is InChI=1S/C26H35FN2O3S/c1-19-7-12-23(33-19)17-28(15-20-8-10-21(27)11-9-20)25(31)18-29(16-22-6-5-13-32-22)24(30)14-26(2,3)4/h7-12,22H,5-6,13-18H2,1-4H3/t22-/m0/s1. The van der Waals surface area contributed by atoms with Gasteiger partial charge in [-0.1, -0.05) is 32.9 Å². The third-order valence-corrected chi connectivity index (χ3v) is 6.58. The molecule has 33 heavy (non-hydrogen) atoms. The minimum absolute atomic E-state index is 0.0142. The van der Waals surface area contributed by atoms with Crippen molar-refractivity contribution in [2.75, 3.05) is 19.7 Å². The van der Waals surface area contributed by atoms with Gasteiger partial charge in [0.15, 0.2) is 0 Å². The lowest BCUT2D eigenvalue weighted by molar-refractivity contribution is -0.143. The summed E-state index contributed by atoms with van der Waals surface area (Å²) < 4.78 is 19.1. The number of hydrogen-bond acceptors (Lipinski definition) is 4. The largest absolute Gasteiger partial charge is 0.376 e. The molecule has 1 aromatic heterocycles. The number of rotatable bonds is 9. The van der Waals surface area contributed by atoms with Gasteiger partial charge in [-0.2, -0.15) is 0 Å². The normalized spacial score (nSPS) is 16.1. The fraction of sp³-hybridized carbons (Fsp3) is 0.538. The molecule has 2 aromatic rings. The first kappa shape index (κ1) is 25.4. The van der Waals surface area contributed by atoms with Crippen molar-refractivity contribution in [2.45, 2.75) is 66.2 Å². The van der Waals surface area contributed by atoms with Gasteiger partial charge >= 0.3 is 0 Å². The van der Waals surface area contributed by atoms with Gasteiger partial charge in [0.1, 0.15) is 5.82 Å². The summed E-state index contributed by atoms with van der Waals surface area (Å²) in [6.45, 7) is 10.1. The van der Waals surface area contributed by atoms with Gasteiger partial charge in [0.25, 0.3) is 0 Å². The van der Waals surface area contributed by atoms with E-state index < -0.39 is 0 Å². The first-order valence-electron chi connectivity index (χ1n) is 11.6. The van der Waals surface area contributed by atoms with Gasteiger partial charge < -0.3 is 14.5 Å². The molecule has 5 nitrogen and oxygen atoms in total. The number of ether oxygens (including phenoxy) is 1. The third-order valence-electron chi connectivity index (χ3n) is 5.59. The highest BCUT2D eigenvalue weighted by atomic mass is 32.1. The number of benzene rings is 1. The fourth-order valence-electron chi connectivity index (χ4n) is 3.92. The van der Waals surface area contributed by atoms with E-state index in [0.717, 1.165) is 23.3 Å². The predicted molar refractivity (Wildman–Crippen MR) is 129 cm³/mol. The van der Waals surface area contributed by atoms with Crippen molar-refractivity contribution >= 4 is 23.2 Å². The van der Waals surface area contributed by atoms with Crippen molar-refractivity contribution in [3.8, 4) is 0 Å². The van der Waals surface area contributed by atoms with Crippen LogP contribution in [0.1, 0.15) is 55.4 Å². The second-order valence-electron chi connectivity index (χ2n) is 10.0. The molecular weight excluding hydrogens is 439 g/mol. The SMILES string of the molecule is Cc1ccc(CN(Cc2ccc(F)cc2)C(=O)CN(C[C@@H]2CCCO2)C(=O)CC(C)(C)C)s1. The van der Waals surface area contributed by atoms with Gasteiger partial charge in [-0.25, -0.2) is 4.39 Å². The molecule has 0 unspecified atom stereocenters. The Morgan fingerprint density at radius 2 is 1.79 bits per heavy atom. The van der Waals surface area contributed by atoms with Crippen molar-refractivity contribution in [3.63, 3.8) is 0 Å². The van der Waals surface area contributed by atoms with E-state index in [1.165, 1.54) is 17.0 Å². The Balaban J connectivity index is 1.77. The highest BCUT2D eigenvalue weighted by Crippen LogP contribution is 2.23. The van der Waals surface area contributed by atoms with Gasteiger partial charge in [0.05, 0.1) is 19.2 Å². The number of halogens is 1. The molecule has 3 rings (SSSR count). The first-order chi connectivity index (χ1) is 15.6. The molecule has 0 aliphatic carbocycles. The molecule has 2 heterocycles. The van der Waals surface area contributed by atoms with Crippen molar-refractivity contribution in [3.05, 3.63) is 57.5 Å². The summed E-state index contributed by atoms with van der Waals surface area (Å²) in [4.78, 5) is 32.3. The number of aryl methyl sites for hydroxylation is 1. The van der Waals surface area contributed by atoms with Crippen LogP contribution in [0.4, 0.5) is 4.39 Å². The smallest absolute Gasteiger partial charge is 0.242 e. The summed E-state index contributed by atoms with van der Waals surface area (Å²) in [6.07, 6.45) is 2.23. The zero-order valence-corrected chi connectivity index (χ0v) is 20.9. The molecule has 180 valence electrons. The molecule has 1 aliphatic heterocycles. The molecule has 7 heteroatoms. The van der Waals surface area contributed by atoms with Gasteiger partial charge in [0.2, 0.25) is 11.8 Å². The van der Waals surface area contributed by atoms with E-state index in [9.17, 15) is 14.0 Å². The van der Waals surface area contributed by atoms with Crippen LogP contribution in [0.3, 0.4) is 0 Å². The van der Waals surface area contributed by atoms with Crippen LogP contribution in [-0.2, 0) is 27.4 Å². The number of hydrogen-bond donors (Lipinski definition) is 0. The van der Waals surface area contributed by atoms with Crippen LogP contribution in [0.5, 0.6) is 0 Å². The molecule has 1 aromatic carbocycles. The van der Waals surface area contributed by atoms with Crippen LogP contribution in [-0.4, -0.2) is 47.4 Å². The molecule has 0 spiro atoms. The van der Waals surface area contributed by atoms with Crippen LogP contribution in [0.15, 0.2) is 36.4 Å². The van der Waals surface area contributed by atoms with Crippen molar-refractivity contribution < 1.29 is 18.7 Å². The first-order valence-corrected chi connectivity index (χ1v) is 12.4. The van der Waals surface area contributed by atoms with Crippen LogP contribution in [0.25, 0.3) is 0 Å². The lowest BCUT2D eigenvalue weighted by atomic mass is 9.91. The monoisotopic (exact) mass is 474 g/mol. The van der Waals surface area contributed by atoms with Gasteiger partial charge in [-0.15, -0.1) is 11.3 Å². The zero-order valence-electron chi connectivity index (χ0n) is 20.1. The molecule has 2 amide bonds. The second-order valence-corrected chi connectivity index (χ2v) is 11.4. The van der Waals surface area contributed by atoms with Gasteiger partial charge in [-0.3, -0.25) is 9.59 Å². The highest BCUT2D eigenvalue weighted by Gasteiger charge is 2.28. The Labute approximate surface area is 200 Å². The van der Waals surface area contributed by atoms with E-state index in [2.05, 4.69) is 0 Å². The summed E-state index contributed by atoms with van der Waals surface area (Å²) >= 11 is 1.65. The van der Waals surface area contributed by atoms with E-state index >= 15 is 0 Å². The van der Waals surface area contributed by atoms with Gasteiger partial charge in [0, 0.05) is 35.9 Å². The van der Waals surface area contributed by atoms with E-state index in [-0.39, 0.29) is 35.7 Å². The summed E-state index contributed by atoms with van der Waals surface area (Å²) in [5.41, 5.74) is 0.682. The molecule has 0 radical (unpaired) electrons. The van der Waals surface area contributed by atoms with E-state index in [4.69, 9.17) is 4.74 Å². The maximum atomic E-state index is 13.5.